The van der Waals surface area contributed by atoms with Crippen molar-refractivity contribution in [2.75, 3.05) is 83.7 Å². The largest absolute Gasteiger partial charge is 0.477 e. The SMILES string of the molecule is COC(=O)CN.COC(=O)CNC(=O)c1ccc2c(n1)N(C(=O)Nc1ccccn1)[C@H]1CCN2C1.O=C(O)c1ccc2c(n1)N(C(=O)Nc1ccccn1)[C@H]1CCN2C1. The average Bonchev–Trinajstić information content (AvgIpc) is 3.88. The van der Waals surface area contributed by atoms with E-state index in [1.165, 1.54) is 20.3 Å². The third-order valence-corrected chi connectivity index (χ3v) is 9.61. The maximum atomic E-state index is 13.0. The number of methoxy groups -OCH3 is 2. The summed E-state index contributed by atoms with van der Waals surface area (Å²) in [4.78, 5) is 94.7. The Labute approximate surface area is 337 Å². The molecule has 0 aromatic carbocycles. The van der Waals surface area contributed by atoms with Crippen LogP contribution in [0.15, 0.2) is 73.1 Å². The number of nitrogens with two attached hydrogens (primary N) is 1. The molecule has 0 unspecified atom stereocenters. The number of carbonyl (C=O) groups is 6. The van der Waals surface area contributed by atoms with Crippen molar-refractivity contribution in [1.29, 1.82) is 0 Å². The Hall–Kier alpha value is -7.42. The number of esters is 2. The van der Waals surface area contributed by atoms with Crippen molar-refractivity contribution in [3.63, 3.8) is 0 Å². The highest BCUT2D eigenvalue weighted by Gasteiger charge is 2.42. The van der Waals surface area contributed by atoms with E-state index in [0.29, 0.717) is 29.8 Å². The van der Waals surface area contributed by atoms with E-state index in [9.17, 15) is 33.9 Å². The number of nitrogens with one attached hydrogen (secondary N) is 3. The van der Waals surface area contributed by atoms with Gasteiger partial charge in [-0.2, -0.15) is 0 Å². The molecule has 59 heavy (non-hydrogen) atoms. The summed E-state index contributed by atoms with van der Waals surface area (Å²) in [6, 6.07) is 16.3. The Morgan fingerprint density at radius 2 is 1.20 bits per heavy atom. The van der Waals surface area contributed by atoms with E-state index < -0.39 is 17.8 Å². The summed E-state index contributed by atoms with van der Waals surface area (Å²) in [6.07, 6.45) is 4.81. The van der Waals surface area contributed by atoms with Gasteiger partial charge in [-0.05, 0) is 61.4 Å². The summed E-state index contributed by atoms with van der Waals surface area (Å²) in [5.41, 5.74) is 6.42. The Morgan fingerprint density at radius 1 is 0.712 bits per heavy atom. The van der Waals surface area contributed by atoms with E-state index in [1.807, 2.05) is 0 Å². The van der Waals surface area contributed by atoms with Gasteiger partial charge >= 0.3 is 30.0 Å². The molecule has 8 rings (SSSR count). The third kappa shape index (κ3) is 9.59. The molecule has 4 bridgehead atoms. The Kier molecular flexibility index (Phi) is 13.1. The van der Waals surface area contributed by atoms with E-state index in [4.69, 9.17) is 5.73 Å². The Morgan fingerprint density at radius 3 is 1.63 bits per heavy atom. The molecule has 6 N–H and O–H groups in total. The summed E-state index contributed by atoms with van der Waals surface area (Å²) >= 11 is 0. The lowest BCUT2D eigenvalue weighted by Crippen LogP contribution is -2.48. The number of amides is 5. The van der Waals surface area contributed by atoms with Crippen LogP contribution in [0.2, 0.25) is 0 Å². The van der Waals surface area contributed by atoms with Gasteiger partial charge in [-0.1, -0.05) is 12.1 Å². The van der Waals surface area contributed by atoms with Gasteiger partial charge in [0, 0.05) is 38.6 Å². The van der Waals surface area contributed by atoms with E-state index in [-0.39, 0.29) is 54.6 Å². The molecule has 5 amide bonds. The molecule has 308 valence electrons. The predicted molar refractivity (Wildman–Crippen MR) is 214 cm³/mol. The lowest BCUT2D eigenvalue weighted by Gasteiger charge is -2.35. The minimum absolute atomic E-state index is 0.0299. The smallest absolute Gasteiger partial charge is 0.354 e. The molecule has 4 aliphatic rings. The number of carbonyl (C=O) groups excluding carboxylic acids is 5. The fourth-order valence-corrected chi connectivity index (χ4v) is 6.80. The van der Waals surface area contributed by atoms with Crippen molar-refractivity contribution >= 4 is 70.5 Å². The topological polar surface area (TPSA) is 268 Å². The number of aromatic nitrogens is 4. The van der Waals surface area contributed by atoms with Gasteiger partial charge in [0.25, 0.3) is 5.91 Å². The highest BCUT2D eigenvalue weighted by Crippen LogP contribution is 2.40. The first-order valence-electron chi connectivity index (χ1n) is 18.4. The molecular weight excluding hydrogens is 768 g/mol. The number of nitrogens with zero attached hydrogens (tertiary/aromatic N) is 8. The number of anilines is 6. The van der Waals surface area contributed by atoms with Gasteiger partial charge < -0.3 is 35.4 Å². The van der Waals surface area contributed by atoms with Crippen LogP contribution in [0.3, 0.4) is 0 Å². The maximum Gasteiger partial charge on any atom is 0.354 e. The summed E-state index contributed by atoms with van der Waals surface area (Å²) in [5.74, 6) is -0.890. The second-order valence-electron chi connectivity index (χ2n) is 13.2. The monoisotopic (exact) mass is 810 g/mol. The molecule has 0 aliphatic carbocycles. The Balaban J connectivity index is 0.000000177. The molecule has 0 spiro atoms. The van der Waals surface area contributed by atoms with E-state index in [0.717, 1.165) is 43.9 Å². The fraction of sp³-hybridized carbons (Fsp3) is 0.316. The summed E-state index contributed by atoms with van der Waals surface area (Å²) in [5, 5.41) is 17.2. The zero-order valence-corrected chi connectivity index (χ0v) is 32.1. The van der Waals surface area contributed by atoms with Crippen LogP contribution in [0, 0.1) is 0 Å². The summed E-state index contributed by atoms with van der Waals surface area (Å²) in [7, 11) is 2.54. The van der Waals surface area contributed by atoms with Gasteiger partial charge in [-0.15, -0.1) is 0 Å². The molecule has 0 saturated carbocycles. The lowest BCUT2D eigenvalue weighted by atomic mass is 10.1. The molecule has 2 saturated heterocycles. The van der Waals surface area contributed by atoms with Crippen LogP contribution in [-0.2, 0) is 19.1 Å². The number of carboxylic acids is 1. The zero-order valence-electron chi connectivity index (χ0n) is 32.1. The van der Waals surface area contributed by atoms with Gasteiger partial charge in [-0.25, -0.2) is 34.3 Å². The second kappa shape index (κ2) is 18.7. The number of aromatic carboxylic acids is 1. The van der Waals surface area contributed by atoms with Gasteiger partial charge in [-0.3, -0.25) is 34.8 Å². The van der Waals surface area contributed by atoms with Crippen LogP contribution >= 0.6 is 0 Å². The van der Waals surface area contributed by atoms with Crippen LogP contribution in [0.5, 0.6) is 0 Å². The van der Waals surface area contributed by atoms with Crippen molar-refractivity contribution in [3.8, 4) is 0 Å². The van der Waals surface area contributed by atoms with Crippen LogP contribution in [0.1, 0.15) is 33.8 Å². The first-order valence-corrected chi connectivity index (χ1v) is 18.4. The van der Waals surface area contributed by atoms with E-state index in [2.05, 4.69) is 55.2 Å². The first-order chi connectivity index (χ1) is 28.5. The molecule has 8 heterocycles. The molecule has 2 fully saturated rings. The van der Waals surface area contributed by atoms with Crippen LogP contribution in [0.25, 0.3) is 0 Å². The van der Waals surface area contributed by atoms with Gasteiger partial charge in [0.05, 0.1) is 44.2 Å². The summed E-state index contributed by atoms with van der Waals surface area (Å²) < 4.78 is 8.66. The van der Waals surface area contributed by atoms with Crippen molar-refractivity contribution in [2.24, 2.45) is 5.73 Å². The lowest BCUT2D eigenvalue weighted by molar-refractivity contribution is -0.140. The molecule has 4 aromatic heterocycles. The van der Waals surface area contributed by atoms with Crippen molar-refractivity contribution < 1.29 is 43.3 Å². The molecular formula is C38H42N12O9. The van der Waals surface area contributed by atoms with E-state index >= 15 is 0 Å². The number of urea groups is 2. The van der Waals surface area contributed by atoms with Crippen molar-refractivity contribution in [2.45, 2.75) is 24.9 Å². The quantitative estimate of drug-likeness (QED) is 0.167. The van der Waals surface area contributed by atoms with Crippen molar-refractivity contribution in [3.05, 3.63) is 84.4 Å². The van der Waals surface area contributed by atoms with Crippen LogP contribution in [0.4, 0.5) is 44.2 Å². The third-order valence-electron chi connectivity index (χ3n) is 9.61. The van der Waals surface area contributed by atoms with E-state index in [1.54, 1.807) is 76.8 Å². The minimum atomic E-state index is -1.11. The van der Waals surface area contributed by atoms with Crippen LogP contribution in [-0.4, -0.2) is 126 Å². The van der Waals surface area contributed by atoms with Crippen LogP contribution < -0.4 is 41.3 Å². The number of pyridine rings is 4. The number of rotatable bonds is 7. The molecule has 4 aromatic rings. The number of carboxylic acid groups (broad SMARTS) is 1. The average molecular weight is 811 g/mol. The molecule has 2 atom stereocenters. The standard InChI is InChI=1S/C19H20N6O4.C16H15N5O3.C3H7NO2/c1-29-16(26)10-21-18(27)13-5-6-14-17(22-13)25(12-7-9-24(14)11-12)19(28)23-15-4-2-3-8-20-15;22-15(23)11-4-5-12-14(18-11)21(10-6-8-20(12)9-10)16(24)19-13-3-1-2-7-17-13;1-6-3(5)2-4/h2-6,8,12H,7,9-11H2,1H3,(H,21,27)(H,20,23,28);1-5,7,10H,6,8-9H2,(H,22,23)(H,17,19,24);2,4H2,1H3/t12-;10-;/m00./s1. The van der Waals surface area contributed by atoms with Gasteiger partial charge in [0.15, 0.2) is 17.3 Å². The number of hydrogen-bond acceptors (Lipinski definition) is 15. The Bertz CT molecular complexity index is 2190. The molecule has 4 aliphatic heterocycles. The predicted octanol–water partition coefficient (Wildman–Crippen LogP) is 1.93. The highest BCUT2D eigenvalue weighted by molar-refractivity contribution is 6.06. The highest BCUT2D eigenvalue weighted by atomic mass is 16.5. The fourth-order valence-electron chi connectivity index (χ4n) is 6.80. The molecule has 0 radical (unpaired) electrons. The molecule has 21 heteroatoms. The second-order valence-corrected chi connectivity index (χ2v) is 13.2. The number of hydrogen-bond donors (Lipinski definition) is 5. The number of ether oxygens (including phenoxy) is 2. The normalized spacial score (nSPS) is 16.5. The first kappa shape index (κ1) is 41.2. The molecule has 21 nitrogen and oxygen atoms in total. The zero-order chi connectivity index (χ0) is 42.1. The van der Waals surface area contributed by atoms with Gasteiger partial charge in [0.1, 0.15) is 23.9 Å². The number of fused-ring (bicyclic) bond motifs is 8. The van der Waals surface area contributed by atoms with Gasteiger partial charge in [0.2, 0.25) is 0 Å². The maximum absolute atomic E-state index is 13.0. The summed E-state index contributed by atoms with van der Waals surface area (Å²) in [6.45, 7) is 2.76. The minimum Gasteiger partial charge on any atom is -0.477 e. The van der Waals surface area contributed by atoms with Crippen molar-refractivity contribution in [1.82, 2.24) is 25.3 Å².